The molecule has 2 aromatic rings. The second kappa shape index (κ2) is 4.98. The topological polar surface area (TPSA) is 67.5 Å². The molecule has 0 spiro atoms. The molecule has 2 aromatic heterocycles. The van der Waals surface area contributed by atoms with Crippen LogP contribution in [-0.4, -0.2) is 31.2 Å². The lowest BCUT2D eigenvalue weighted by molar-refractivity contribution is -0.136. The average molecular weight is 237 g/mol. The highest BCUT2D eigenvalue weighted by molar-refractivity contribution is 7.98. The van der Waals surface area contributed by atoms with Gasteiger partial charge in [0, 0.05) is 30.1 Å². The lowest BCUT2D eigenvalue weighted by atomic mass is 10.5. The van der Waals surface area contributed by atoms with Crippen LogP contribution in [0.25, 0.3) is 5.78 Å². The molecule has 0 aromatic carbocycles. The van der Waals surface area contributed by atoms with Crippen LogP contribution in [0, 0.1) is 0 Å². The van der Waals surface area contributed by atoms with E-state index in [1.807, 2.05) is 22.9 Å². The fourth-order valence-electron chi connectivity index (χ4n) is 1.29. The Morgan fingerprint density at radius 2 is 2.44 bits per heavy atom. The minimum absolute atomic E-state index is 0.191. The quantitative estimate of drug-likeness (QED) is 0.797. The van der Waals surface area contributed by atoms with Gasteiger partial charge in [-0.25, -0.2) is 9.97 Å². The third-order valence-electron chi connectivity index (χ3n) is 2.00. The van der Waals surface area contributed by atoms with Gasteiger partial charge < -0.3 is 5.11 Å². The number of thioether (sulfide) groups is 1. The van der Waals surface area contributed by atoms with Crippen molar-refractivity contribution >= 4 is 23.5 Å². The number of imidazole rings is 1. The van der Waals surface area contributed by atoms with Gasteiger partial charge in [-0.1, -0.05) is 0 Å². The maximum absolute atomic E-state index is 10.3. The number of carboxylic acid groups (broad SMARTS) is 1. The lowest BCUT2D eigenvalue weighted by Crippen LogP contribution is -1.96. The van der Waals surface area contributed by atoms with Crippen LogP contribution in [0.5, 0.6) is 0 Å². The molecule has 6 heteroatoms. The number of carbonyl (C=O) groups is 1. The molecule has 2 rings (SSSR count). The number of rotatable bonds is 5. The zero-order valence-corrected chi connectivity index (χ0v) is 9.35. The molecule has 84 valence electrons. The van der Waals surface area contributed by atoms with Crippen LogP contribution in [0.3, 0.4) is 0 Å². The van der Waals surface area contributed by atoms with E-state index in [2.05, 4.69) is 9.97 Å². The van der Waals surface area contributed by atoms with Crippen molar-refractivity contribution in [2.45, 2.75) is 12.2 Å². The Morgan fingerprint density at radius 3 is 3.19 bits per heavy atom. The summed E-state index contributed by atoms with van der Waals surface area (Å²) < 4.78 is 1.85. The first kappa shape index (κ1) is 10.9. The summed E-state index contributed by atoms with van der Waals surface area (Å²) >= 11 is 1.57. The molecule has 0 saturated carbocycles. The summed E-state index contributed by atoms with van der Waals surface area (Å²) in [5, 5.41) is 8.48. The smallest absolute Gasteiger partial charge is 0.304 e. The Hall–Kier alpha value is -1.56. The maximum atomic E-state index is 10.3. The number of hydrogen-bond donors (Lipinski definition) is 1. The van der Waals surface area contributed by atoms with E-state index in [0.717, 1.165) is 11.4 Å². The van der Waals surface area contributed by atoms with Gasteiger partial charge in [0.05, 0.1) is 12.1 Å². The molecular weight excluding hydrogens is 226 g/mol. The van der Waals surface area contributed by atoms with Crippen LogP contribution < -0.4 is 0 Å². The third kappa shape index (κ3) is 2.73. The Balaban J connectivity index is 1.92. The molecule has 0 atom stereocenters. The number of aromatic nitrogens is 3. The first-order chi connectivity index (χ1) is 7.75. The Kier molecular flexibility index (Phi) is 3.40. The van der Waals surface area contributed by atoms with Crippen molar-refractivity contribution in [3.63, 3.8) is 0 Å². The molecule has 0 radical (unpaired) electrons. The van der Waals surface area contributed by atoms with Gasteiger partial charge in [-0.2, -0.15) is 11.8 Å². The Bertz CT molecular complexity index is 465. The molecule has 5 nitrogen and oxygen atoms in total. The van der Waals surface area contributed by atoms with Gasteiger partial charge >= 0.3 is 5.97 Å². The maximum Gasteiger partial charge on any atom is 0.304 e. The summed E-state index contributed by atoms with van der Waals surface area (Å²) in [6.45, 7) is 0. The van der Waals surface area contributed by atoms with Crippen LogP contribution in [0.2, 0.25) is 0 Å². The molecule has 0 saturated heterocycles. The lowest BCUT2D eigenvalue weighted by Gasteiger charge is -1.94. The number of carboxylic acids is 1. The van der Waals surface area contributed by atoms with Gasteiger partial charge in [0.15, 0.2) is 0 Å². The highest BCUT2D eigenvalue weighted by Crippen LogP contribution is 2.12. The summed E-state index contributed by atoms with van der Waals surface area (Å²) in [7, 11) is 0. The number of nitrogens with zero attached hydrogens (tertiary/aromatic N) is 3. The van der Waals surface area contributed by atoms with E-state index in [9.17, 15) is 4.79 Å². The predicted octanol–water partition coefficient (Wildman–Crippen LogP) is 1.44. The minimum atomic E-state index is -0.760. The van der Waals surface area contributed by atoms with Gasteiger partial charge in [-0.3, -0.25) is 9.20 Å². The van der Waals surface area contributed by atoms with Crippen LogP contribution in [0.4, 0.5) is 0 Å². The second-order valence-corrected chi connectivity index (χ2v) is 4.36. The normalized spacial score (nSPS) is 10.8. The molecule has 2 heterocycles. The monoisotopic (exact) mass is 237 g/mol. The highest BCUT2D eigenvalue weighted by atomic mass is 32.2. The molecule has 16 heavy (non-hydrogen) atoms. The fraction of sp³-hybridized carbons (Fsp3) is 0.300. The number of aliphatic carboxylic acids is 1. The zero-order valence-electron chi connectivity index (χ0n) is 8.54. The molecule has 0 aliphatic carbocycles. The van der Waals surface area contributed by atoms with Crippen molar-refractivity contribution in [1.29, 1.82) is 0 Å². The van der Waals surface area contributed by atoms with Gasteiger partial charge in [-0.05, 0) is 6.07 Å². The Morgan fingerprint density at radius 1 is 1.56 bits per heavy atom. The van der Waals surface area contributed by atoms with Crippen molar-refractivity contribution in [3.8, 4) is 0 Å². The molecule has 1 N–H and O–H groups in total. The van der Waals surface area contributed by atoms with E-state index >= 15 is 0 Å². The highest BCUT2D eigenvalue weighted by Gasteiger charge is 2.02. The van der Waals surface area contributed by atoms with Crippen LogP contribution in [0.15, 0.2) is 24.7 Å². The molecule has 0 amide bonds. The SMILES string of the molecule is O=C(O)CCSCc1cn2cccnc2n1. The van der Waals surface area contributed by atoms with E-state index in [-0.39, 0.29) is 6.42 Å². The van der Waals surface area contributed by atoms with E-state index in [0.29, 0.717) is 11.5 Å². The second-order valence-electron chi connectivity index (χ2n) is 3.26. The van der Waals surface area contributed by atoms with E-state index in [1.54, 1.807) is 18.0 Å². The molecule has 0 aliphatic heterocycles. The molecular formula is C10H11N3O2S. The molecule has 0 unspecified atom stereocenters. The van der Waals surface area contributed by atoms with Crippen molar-refractivity contribution < 1.29 is 9.90 Å². The van der Waals surface area contributed by atoms with Gasteiger partial charge in [0.2, 0.25) is 5.78 Å². The van der Waals surface area contributed by atoms with Gasteiger partial charge in [0.1, 0.15) is 0 Å². The third-order valence-corrected chi connectivity index (χ3v) is 2.99. The van der Waals surface area contributed by atoms with Crippen molar-refractivity contribution in [2.75, 3.05) is 5.75 Å². The molecule has 0 aliphatic rings. The standard InChI is InChI=1S/C10H11N3O2S/c14-9(15)2-5-16-7-8-6-13-4-1-3-11-10(13)12-8/h1,3-4,6H,2,5,7H2,(H,14,15). The largest absolute Gasteiger partial charge is 0.481 e. The van der Waals surface area contributed by atoms with Crippen LogP contribution in [0.1, 0.15) is 12.1 Å². The van der Waals surface area contributed by atoms with Gasteiger partial charge in [0.25, 0.3) is 0 Å². The number of fused-ring (bicyclic) bond motifs is 1. The van der Waals surface area contributed by atoms with E-state index < -0.39 is 5.97 Å². The van der Waals surface area contributed by atoms with Crippen LogP contribution >= 0.6 is 11.8 Å². The summed E-state index contributed by atoms with van der Waals surface area (Å²) in [5.74, 6) is 1.24. The zero-order chi connectivity index (χ0) is 11.4. The number of hydrogen-bond acceptors (Lipinski definition) is 4. The predicted molar refractivity (Wildman–Crippen MR) is 61.4 cm³/mol. The van der Waals surface area contributed by atoms with Crippen LogP contribution in [-0.2, 0) is 10.5 Å². The van der Waals surface area contributed by atoms with Crippen molar-refractivity contribution in [1.82, 2.24) is 14.4 Å². The first-order valence-corrected chi connectivity index (χ1v) is 5.99. The van der Waals surface area contributed by atoms with Crippen molar-refractivity contribution in [3.05, 3.63) is 30.4 Å². The van der Waals surface area contributed by atoms with E-state index in [1.165, 1.54) is 0 Å². The minimum Gasteiger partial charge on any atom is -0.481 e. The fourth-order valence-corrected chi connectivity index (χ4v) is 2.10. The first-order valence-electron chi connectivity index (χ1n) is 4.84. The average Bonchev–Trinajstić information content (AvgIpc) is 2.66. The van der Waals surface area contributed by atoms with Crippen molar-refractivity contribution in [2.24, 2.45) is 0 Å². The Labute approximate surface area is 96.5 Å². The van der Waals surface area contributed by atoms with E-state index in [4.69, 9.17) is 5.11 Å². The summed E-state index contributed by atoms with van der Waals surface area (Å²) in [5.41, 5.74) is 0.925. The molecule has 0 bridgehead atoms. The summed E-state index contributed by atoms with van der Waals surface area (Å²) in [6, 6.07) is 1.84. The summed E-state index contributed by atoms with van der Waals surface area (Å²) in [4.78, 5) is 18.7. The van der Waals surface area contributed by atoms with Gasteiger partial charge in [-0.15, -0.1) is 0 Å². The summed E-state index contributed by atoms with van der Waals surface area (Å²) in [6.07, 6.45) is 5.69. The molecule has 0 fully saturated rings.